The molecule has 2 saturated heterocycles. The second-order valence-corrected chi connectivity index (χ2v) is 19.7. The molecule has 8 rings (SSSR count). The standard InChI is InChI=1S/C35H36F5N7O4S3/c1-19-15-46(22-13-35(39,40)14-22)16-20(2)47(19)33-44-29(23-5-3-8-26(28(23)38)45-54(50,51)31-24(36)6-4-7-25(31)37)30(52-33)27-9-10-41-32(43-27)42-21-11-34(12-21)17-53(48,49)18-34/h3-10,19-22,45H,11-18H2,1-2H3,(H,41,42,43)/t19-,20-/m0/s1. The molecule has 0 unspecified atom stereocenters. The van der Waals surface area contributed by atoms with E-state index in [9.17, 15) is 34.4 Å². The Kier molecular flexibility index (Phi) is 8.97. The molecule has 2 aromatic heterocycles. The monoisotopic (exact) mass is 809 g/mol. The quantitative estimate of drug-likeness (QED) is 0.189. The van der Waals surface area contributed by atoms with Gasteiger partial charge in [-0.3, -0.25) is 9.62 Å². The number of benzene rings is 2. The maximum atomic E-state index is 16.5. The molecule has 4 fully saturated rings. The summed E-state index contributed by atoms with van der Waals surface area (Å²) in [4.78, 5) is 17.3. The molecule has 2 aromatic carbocycles. The lowest BCUT2D eigenvalue weighted by molar-refractivity contribution is -0.128. The first kappa shape index (κ1) is 37.0. The second kappa shape index (κ2) is 13.1. The maximum Gasteiger partial charge on any atom is 0.267 e. The number of thiazole rings is 1. The minimum absolute atomic E-state index is 0.0395. The van der Waals surface area contributed by atoms with E-state index < -0.39 is 53.8 Å². The number of sulfone groups is 1. The van der Waals surface area contributed by atoms with Crippen LogP contribution in [-0.2, 0) is 19.9 Å². The van der Waals surface area contributed by atoms with Gasteiger partial charge in [0.2, 0.25) is 5.95 Å². The van der Waals surface area contributed by atoms with Gasteiger partial charge in [0.05, 0.1) is 33.5 Å². The molecule has 4 aliphatic rings. The third kappa shape index (κ3) is 6.81. The first-order chi connectivity index (χ1) is 25.4. The Morgan fingerprint density at radius 3 is 2.19 bits per heavy atom. The van der Waals surface area contributed by atoms with E-state index in [1.165, 1.54) is 29.7 Å². The van der Waals surface area contributed by atoms with E-state index in [2.05, 4.69) is 20.1 Å². The molecule has 54 heavy (non-hydrogen) atoms. The van der Waals surface area contributed by atoms with Gasteiger partial charge in [0.15, 0.2) is 25.7 Å². The minimum Gasteiger partial charge on any atom is -0.351 e. The number of nitrogens with zero attached hydrogens (tertiary/aromatic N) is 5. The smallest absolute Gasteiger partial charge is 0.267 e. The maximum absolute atomic E-state index is 16.5. The van der Waals surface area contributed by atoms with Gasteiger partial charge in [-0.1, -0.05) is 23.5 Å². The summed E-state index contributed by atoms with van der Waals surface area (Å²) in [6, 6.07) is 7.51. The SMILES string of the molecule is C[C@H]1CN(C2CC(F)(F)C2)C[C@H](C)N1c1nc(-c2cccc(NS(=O)(=O)c3c(F)cccc3F)c2F)c(-c2ccnc(NC3CC4(C3)CS(=O)(=O)C4)n2)s1. The van der Waals surface area contributed by atoms with Crippen LogP contribution in [0.3, 0.4) is 0 Å². The zero-order chi connectivity index (χ0) is 38.4. The Morgan fingerprint density at radius 2 is 1.56 bits per heavy atom. The van der Waals surface area contributed by atoms with Crippen LogP contribution in [0.25, 0.3) is 21.8 Å². The van der Waals surface area contributed by atoms with Crippen LogP contribution in [0.15, 0.2) is 53.6 Å². The van der Waals surface area contributed by atoms with E-state index in [4.69, 9.17) is 9.97 Å². The van der Waals surface area contributed by atoms with E-state index in [1.807, 2.05) is 18.6 Å². The van der Waals surface area contributed by atoms with Crippen molar-refractivity contribution in [3.8, 4) is 21.8 Å². The Balaban J connectivity index is 1.13. The summed E-state index contributed by atoms with van der Waals surface area (Å²) in [6.45, 7) is 4.92. The lowest BCUT2D eigenvalue weighted by atomic mass is 9.67. The predicted molar refractivity (Wildman–Crippen MR) is 194 cm³/mol. The summed E-state index contributed by atoms with van der Waals surface area (Å²) >= 11 is 1.23. The highest BCUT2D eigenvalue weighted by Crippen LogP contribution is 2.51. The molecule has 2 atom stereocenters. The average Bonchev–Trinajstić information content (AvgIpc) is 3.47. The van der Waals surface area contributed by atoms with E-state index >= 15 is 4.39 Å². The molecule has 0 bridgehead atoms. The number of aromatic nitrogens is 3. The zero-order valence-corrected chi connectivity index (χ0v) is 31.5. The van der Waals surface area contributed by atoms with Gasteiger partial charge in [0, 0.05) is 67.3 Å². The van der Waals surface area contributed by atoms with Crippen LogP contribution in [0.2, 0.25) is 0 Å². The van der Waals surface area contributed by atoms with Crippen LogP contribution in [0.4, 0.5) is 38.7 Å². The number of halogens is 5. The number of anilines is 3. The highest BCUT2D eigenvalue weighted by atomic mass is 32.2. The van der Waals surface area contributed by atoms with Crippen molar-refractivity contribution in [2.24, 2.45) is 5.41 Å². The first-order valence-electron chi connectivity index (χ1n) is 17.4. The molecular weight excluding hydrogens is 774 g/mol. The van der Waals surface area contributed by atoms with Gasteiger partial charge in [0.25, 0.3) is 15.9 Å². The predicted octanol–water partition coefficient (Wildman–Crippen LogP) is 6.17. The van der Waals surface area contributed by atoms with Crippen molar-refractivity contribution in [2.45, 2.75) is 74.5 Å². The lowest BCUT2D eigenvalue weighted by Gasteiger charge is -2.53. The van der Waals surface area contributed by atoms with Crippen LogP contribution in [0, 0.1) is 22.9 Å². The molecule has 2 N–H and O–H groups in total. The molecular formula is C35H36F5N7O4S3. The summed E-state index contributed by atoms with van der Waals surface area (Å²) < 4.78 is 125. The van der Waals surface area contributed by atoms with Crippen LogP contribution in [-0.4, -0.2) is 91.4 Å². The van der Waals surface area contributed by atoms with Crippen molar-refractivity contribution in [2.75, 3.05) is 39.5 Å². The summed E-state index contributed by atoms with van der Waals surface area (Å²) in [6.07, 6.45) is 2.46. The Morgan fingerprint density at radius 1 is 0.907 bits per heavy atom. The average molecular weight is 810 g/mol. The van der Waals surface area contributed by atoms with Gasteiger partial charge >= 0.3 is 0 Å². The van der Waals surface area contributed by atoms with Gasteiger partial charge < -0.3 is 10.2 Å². The molecule has 4 aromatic rings. The first-order valence-corrected chi connectivity index (χ1v) is 21.5. The van der Waals surface area contributed by atoms with Gasteiger partial charge in [0.1, 0.15) is 11.6 Å². The second-order valence-electron chi connectivity index (χ2n) is 15.0. The number of hydrogen-bond donors (Lipinski definition) is 2. The molecule has 0 radical (unpaired) electrons. The summed E-state index contributed by atoms with van der Waals surface area (Å²) in [5, 5.41) is 3.77. The normalized spacial score (nSPS) is 23.7. The Labute approximate surface area is 313 Å². The van der Waals surface area contributed by atoms with Crippen LogP contribution < -0.4 is 14.9 Å². The third-order valence-electron chi connectivity index (χ3n) is 10.7. The summed E-state index contributed by atoms with van der Waals surface area (Å²) in [7, 11) is -7.89. The van der Waals surface area contributed by atoms with Gasteiger partial charge in [-0.15, -0.1) is 0 Å². The van der Waals surface area contributed by atoms with E-state index in [0.717, 1.165) is 24.3 Å². The topological polar surface area (TPSA) is 137 Å². The molecule has 2 aliphatic heterocycles. The van der Waals surface area contributed by atoms with Crippen molar-refractivity contribution in [3.63, 3.8) is 0 Å². The molecule has 0 amide bonds. The summed E-state index contributed by atoms with van der Waals surface area (Å²) in [5.41, 5.74) is -0.394. The molecule has 19 heteroatoms. The molecule has 1 spiro atoms. The largest absolute Gasteiger partial charge is 0.351 e. The third-order valence-corrected chi connectivity index (χ3v) is 15.3. The van der Waals surface area contributed by atoms with Crippen molar-refractivity contribution < 1.29 is 38.8 Å². The number of hydrogen-bond acceptors (Lipinski definition) is 11. The highest BCUT2D eigenvalue weighted by molar-refractivity contribution is 7.93. The molecule has 11 nitrogen and oxygen atoms in total. The highest BCUT2D eigenvalue weighted by Gasteiger charge is 2.56. The van der Waals surface area contributed by atoms with E-state index in [0.29, 0.717) is 41.6 Å². The number of sulfonamides is 1. The minimum atomic E-state index is -4.91. The van der Waals surface area contributed by atoms with E-state index in [-0.39, 0.29) is 71.1 Å². The Bertz CT molecular complexity index is 2300. The fourth-order valence-electron chi connectivity index (χ4n) is 8.38. The molecule has 2 aliphatic carbocycles. The van der Waals surface area contributed by atoms with Crippen LogP contribution >= 0.6 is 11.3 Å². The number of rotatable bonds is 9. The molecule has 288 valence electrons. The van der Waals surface area contributed by atoms with Crippen molar-refractivity contribution in [3.05, 3.63) is 66.1 Å². The van der Waals surface area contributed by atoms with Gasteiger partial charge in [-0.2, -0.15) is 0 Å². The van der Waals surface area contributed by atoms with Crippen LogP contribution in [0.1, 0.15) is 39.5 Å². The summed E-state index contributed by atoms with van der Waals surface area (Å²) in [5.74, 6) is -5.79. The number of nitrogens with one attached hydrogen (secondary N) is 2. The van der Waals surface area contributed by atoms with Crippen molar-refractivity contribution >= 4 is 48.0 Å². The van der Waals surface area contributed by atoms with E-state index in [1.54, 1.807) is 6.07 Å². The number of alkyl halides is 2. The zero-order valence-electron chi connectivity index (χ0n) is 29.1. The van der Waals surface area contributed by atoms with Crippen molar-refractivity contribution in [1.82, 2.24) is 19.9 Å². The van der Waals surface area contributed by atoms with Crippen molar-refractivity contribution in [1.29, 1.82) is 0 Å². The van der Waals surface area contributed by atoms with Crippen LogP contribution in [0.5, 0.6) is 0 Å². The fraction of sp³-hybridized carbons (Fsp3) is 0.457. The molecule has 4 heterocycles. The fourth-order valence-corrected chi connectivity index (χ4v) is 13.1. The lowest BCUT2D eigenvalue weighted by Crippen LogP contribution is -2.62. The van der Waals surface area contributed by atoms with Gasteiger partial charge in [-0.05, 0) is 57.0 Å². The Hall–Kier alpha value is -3.94. The molecule has 2 saturated carbocycles. The van der Waals surface area contributed by atoms with Gasteiger partial charge in [-0.25, -0.2) is 53.7 Å². The number of piperazine rings is 1.